The first-order chi connectivity index (χ1) is 7.97. The number of carbonyl (C=O) groups excluding carboxylic acids is 1. The average molecular weight is 259 g/mol. The van der Waals surface area contributed by atoms with Gasteiger partial charge in [-0.25, -0.2) is 4.39 Å². The predicted octanol–water partition coefficient (Wildman–Crippen LogP) is 1.69. The van der Waals surface area contributed by atoms with Gasteiger partial charge in [-0.1, -0.05) is 11.6 Å². The Morgan fingerprint density at radius 3 is 2.82 bits per heavy atom. The Balaban J connectivity index is 2.31. The standard InChI is InChI=1S/C10H8ClFN2O3/c11-4-1-6-7(2-5(4)12)14-10(17)8(13-6)3-9(15)16/h1-2,8,13H,3H2,(H,14,17)(H,15,16). The van der Waals surface area contributed by atoms with Crippen molar-refractivity contribution >= 4 is 34.9 Å². The molecule has 1 heterocycles. The molecule has 17 heavy (non-hydrogen) atoms. The molecule has 5 nitrogen and oxygen atoms in total. The first kappa shape index (κ1) is 11.7. The van der Waals surface area contributed by atoms with Gasteiger partial charge in [0.15, 0.2) is 0 Å². The maximum atomic E-state index is 13.1. The third-order valence-corrected chi connectivity index (χ3v) is 2.63. The Morgan fingerprint density at radius 1 is 1.47 bits per heavy atom. The van der Waals surface area contributed by atoms with Crippen molar-refractivity contribution in [1.29, 1.82) is 0 Å². The number of carbonyl (C=O) groups is 2. The number of aliphatic carboxylic acids is 1. The highest BCUT2D eigenvalue weighted by atomic mass is 35.5. The molecule has 2 rings (SSSR count). The molecule has 0 aliphatic carbocycles. The zero-order chi connectivity index (χ0) is 12.6. The van der Waals surface area contributed by atoms with E-state index in [-0.39, 0.29) is 17.1 Å². The van der Waals surface area contributed by atoms with E-state index in [9.17, 15) is 14.0 Å². The molecule has 1 aliphatic heterocycles. The van der Waals surface area contributed by atoms with Crippen molar-refractivity contribution in [3.8, 4) is 0 Å². The average Bonchev–Trinajstić information content (AvgIpc) is 2.22. The number of hydrogen-bond donors (Lipinski definition) is 3. The molecular weight excluding hydrogens is 251 g/mol. The Kier molecular flexibility index (Phi) is 2.89. The highest BCUT2D eigenvalue weighted by molar-refractivity contribution is 6.31. The van der Waals surface area contributed by atoms with E-state index < -0.39 is 23.7 Å². The summed E-state index contributed by atoms with van der Waals surface area (Å²) in [6, 6.07) is 1.50. The van der Waals surface area contributed by atoms with Gasteiger partial charge in [0.05, 0.1) is 22.8 Å². The van der Waals surface area contributed by atoms with Gasteiger partial charge in [-0.05, 0) is 6.07 Å². The number of hydrogen-bond acceptors (Lipinski definition) is 3. The van der Waals surface area contributed by atoms with E-state index in [1.807, 2.05) is 0 Å². The fourth-order valence-corrected chi connectivity index (χ4v) is 1.72. The van der Waals surface area contributed by atoms with Gasteiger partial charge in [0.1, 0.15) is 11.9 Å². The molecule has 1 unspecified atom stereocenters. The van der Waals surface area contributed by atoms with Crippen LogP contribution in [0.1, 0.15) is 6.42 Å². The summed E-state index contributed by atoms with van der Waals surface area (Å²) in [5.41, 5.74) is 0.654. The molecule has 0 aromatic heterocycles. The summed E-state index contributed by atoms with van der Waals surface area (Å²) in [6.45, 7) is 0. The summed E-state index contributed by atoms with van der Waals surface area (Å²) in [7, 11) is 0. The van der Waals surface area contributed by atoms with Crippen molar-refractivity contribution in [3.63, 3.8) is 0 Å². The van der Waals surface area contributed by atoms with Crippen LogP contribution in [0, 0.1) is 5.82 Å². The molecule has 1 aliphatic rings. The van der Waals surface area contributed by atoms with Crippen LogP contribution >= 0.6 is 11.6 Å². The number of carboxylic acids is 1. The van der Waals surface area contributed by atoms with Crippen LogP contribution in [0.3, 0.4) is 0 Å². The van der Waals surface area contributed by atoms with Crippen molar-refractivity contribution in [1.82, 2.24) is 0 Å². The lowest BCUT2D eigenvalue weighted by molar-refractivity contribution is -0.138. The minimum absolute atomic E-state index is 0.0959. The highest BCUT2D eigenvalue weighted by Gasteiger charge is 2.28. The van der Waals surface area contributed by atoms with Crippen LogP contribution in [-0.2, 0) is 9.59 Å². The minimum Gasteiger partial charge on any atom is -0.481 e. The quantitative estimate of drug-likeness (QED) is 0.754. The van der Waals surface area contributed by atoms with Gasteiger partial charge in [0.25, 0.3) is 0 Å². The van der Waals surface area contributed by atoms with E-state index in [0.29, 0.717) is 5.69 Å². The molecule has 0 radical (unpaired) electrons. The number of halogens is 2. The maximum Gasteiger partial charge on any atom is 0.305 e. The molecule has 1 aromatic rings. The maximum absolute atomic E-state index is 13.1. The monoisotopic (exact) mass is 258 g/mol. The third kappa shape index (κ3) is 2.31. The lowest BCUT2D eigenvalue weighted by Gasteiger charge is -2.26. The molecule has 1 aromatic carbocycles. The smallest absolute Gasteiger partial charge is 0.305 e. The van der Waals surface area contributed by atoms with Crippen LogP contribution in [0.2, 0.25) is 5.02 Å². The molecular formula is C10H8ClFN2O3. The largest absolute Gasteiger partial charge is 0.481 e. The second-order valence-electron chi connectivity index (χ2n) is 3.60. The van der Waals surface area contributed by atoms with Gasteiger partial charge in [0, 0.05) is 6.07 Å². The molecule has 1 atom stereocenters. The van der Waals surface area contributed by atoms with Gasteiger partial charge in [-0.3, -0.25) is 9.59 Å². The lowest BCUT2D eigenvalue weighted by atomic mass is 10.1. The second-order valence-corrected chi connectivity index (χ2v) is 4.00. The summed E-state index contributed by atoms with van der Waals surface area (Å²) in [6.07, 6.45) is -0.361. The van der Waals surface area contributed by atoms with Crippen molar-refractivity contribution in [2.45, 2.75) is 12.5 Å². The molecule has 0 saturated carbocycles. The minimum atomic E-state index is -1.10. The number of anilines is 2. The molecule has 0 fully saturated rings. The summed E-state index contributed by atoms with van der Waals surface area (Å²) >= 11 is 5.59. The van der Waals surface area contributed by atoms with Crippen LogP contribution in [-0.4, -0.2) is 23.0 Å². The number of amides is 1. The third-order valence-electron chi connectivity index (χ3n) is 2.34. The van der Waals surface area contributed by atoms with Crippen LogP contribution in [0.15, 0.2) is 12.1 Å². The number of rotatable bonds is 2. The van der Waals surface area contributed by atoms with E-state index in [4.69, 9.17) is 16.7 Å². The number of benzene rings is 1. The van der Waals surface area contributed by atoms with Crippen molar-refractivity contribution < 1.29 is 19.1 Å². The van der Waals surface area contributed by atoms with Gasteiger partial charge < -0.3 is 15.7 Å². The van der Waals surface area contributed by atoms with Gasteiger partial charge in [0.2, 0.25) is 5.91 Å². The zero-order valence-electron chi connectivity index (χ0n) is 8.46. The molecule has 0 spiro atoms. The van der Waals surface area contributed by atoms with E-state index in [1.165, 1.54) is 6.07 Å². The van der Waals surface area contributed by atoms with Gasteiger partial charge in [-0.15, -0.1) is 0 Å². The number of carboxylic acid groups (broad SMARTS) is 1. The van der Waals surface area contributed by atoms with E-state index in [1.54, 1.807) is 0 Å². The summed E-state index contributed by atoms with van der Waals surface area (Å²) in [5.74, 6) is -2.26. The topological polar surface area (TPSA) is 78.4 Å². The fraction of sp³-hybridized carbons (Fsp3) is 0.200. The highest BCUT2D eigenvalue weighted by Crippen LogP contribution is 2.32. The van der Waals surface area contributed by atoms with Crippen molar-refractivity contribution in [3.05, 3.63) is 23.0 Å². The first-order valence-electron chi connectivity index (χ1n) is 4.75. The van der Waals surface area contributed by atoms with Gasteiger partial charge >= 0.3 is 5.97 Å². The molecule has 0 bridgehead atoms. The fourth-order valence-electron chi connectivity index (χ4n) is 1.56. The number of nitrogens with one attached hydrogen (secondary N) is 2. The number of fused-ring (bicyclic) bond motifs is 1. The molecule has 7 heteroatoms. The molecule has 1 amide bonds. The van der Waals surface area contributed by atoms with E-state index in [2.05, 4.69) is 10.6 Å². The van der Waals surface area contributed by atoms with Gasteiger partial charge in [-0.2, -0.15) is 0 Å². The van der Waals surface area contributed by atoms with Crippen LogP contribution in [0.4, 0.5) is 15.8 Å². The zero-order valence-corrected chi connectivity index (χ0v) is 9.21. The van der Waals surface area contributed by atoms with Crippen LogP contribution < -0.4 is 10.6 Å². The Bertz CT molecular complexity index is 507. The second kappa shape index (κ2) is 4.21. The van der Waals surface area contributed by atoms with E-state index >= 15 is 0 Å². The van der Waals surface area contributed by atoms with Crippen molar-refractivity contribution in [2.75, 3.05) is 10.6 Å². The molecule has 90 valence electrons. The van der Waals surface area contributed by atoms with Crippen LogP contribution in [0.5, 0.6) is 0 Å². The molecule has 3 N–H and O–H groups in total. The van der Waals surface area contributed by atoms with E-state index in [0.717, 1.165) is 6.07 Å². The Labute approximate surface area is 101 Å². The summed E-state index contributed by atoms with van der Waals surface area (Å²) < 4.78 is 13.1. The molecule has 0 saturated heterocycles. The SMILES string of the molecule is O=C(O)CC1Nc2cc(Cl)c(F)cc2NC1=O. The predicted molar refractivity (Wildman–Crippen MR) is 59.7 cm³/mol. The first-order valence-corrected chi connectivity index (χ1v) is 5.13. The van der Waals surface area contributed by atoms with Crippen molar-refractivity contribution in [2.24, 2.45) is 0 Å². The summed E-state index contributed by atoms with van der Waals surface area (Å²) in [5, 5.41) is 13.7. The van der Waals surface area contributed by atoms with Crippen LogP contribution in [0.25, 0.3) is 0 Å². The lowest BCUT2D eigenvalue weighted by Crippen LogP contribution is -2.40. The Morgan fingerprint density at radius 2 is 2.18 bits per heavy atom. The normalized spacial score (nSPS) is 18.0. The summed E-state index contributed by atoms with van der Waals surface area (Å²) in [4.78, 5) is 22.0. The Hall–Kier alpha value is -1.82.